The van der Waals surface area contributed by atoms with Gasteiger partial charge < -0.3 is 10.2 Å². The predicted octanol–water partition coefficient (Wildman–Crippen LogP) is 3.65. The Morgan fingerprint density at radius 1 is 1.11 bits per heavy atom. The number of likely N-dealkylation sites (tertiary alicyclic amines) is 1. The number of amides is 1. The van der Waals surface area contributed by atoms with E-state index in [2.05, 4.69) is 10.2 Å². The summed E-state index contributed by atoms with van der Waals surface area (Å²) < 4.78 is 0. The number of nitrogens with zero attached hydrogens (tertiary/aromatic N) is 2. The molecule has 1 unspecified atom stereocenters. The van der Waals surface area contributed by atoms with Crippen LogP contribution in [0.1, 0.15) is 42.9 Å². The smallest absolute Gasteiger partial charge is 0.269 e. The first-order valence-corrected chi connectivity index (χ1v) is 9.36. The molecule has 0 bridgehead atoms. The van der Waals surface area contributed by atoms with Gasteiger partial charge in [-0.1, -0.05) is 42.5 Å². The summed E-state index contributed by atoms with van der Waals surface area (Å²) in [4.78, 5) is 25.8. The zero-order chi connectivity index (χ0) is 19.2. The highest BCUT2D eigenvalue weighted by molar-refractivity contribution is 5.83. The Morgan fingerprint density at radius 3 is 2.44 bits per heavy atom. The highest BCUT2D eigenvalue weighted by Gasteiger charge is 2.24. The van der Waals surface area contributed by atoms with E-state index in [0.717, 1.165) is 25.2 Å². The molecule has 0 aliphatic carbocycles. The van der Waals surface area contributed by atoms with E-state index >= 15 is 0 Å². The lowest BCUT2D eigenvalue weighted by Crippen LogP contribution is -2.38. The van der Waals surface area contributed by atoms with Crippen LogP contribution in [-0.4, -0.2) is 35.4 Å². The summed E-state index contributed by atoms with van der Waals surface area (Å²) in [5, 5.41) is 14.2. The normalized spacial score (nSPS) is 16.6. The van der Waals surface area contributed by atoms with Crippen molar-refractivity contribution in [2.75, 3.05) is 19.6 Å². The van der Waals surface area contributed by atoms with Crippen molar-refractivity contribution in [1.82, 2.24) is 10.2 Å². The van der Waals surface area contributed by atoms with Gasteiger partial charge in [-0.25, -0.2) is 0 Å². The Hall–Kier alpha value is -2.73. The average molecular weight is 367 g/mol. The van der Waals surface area contributed by atoms with Gasteiger partial charge in [0.05, 0.1) is 16.9 Å². The number of hydrogen-bond donors (Lipinski definition) is 1. The summed E-state index contributed by atoms with van der Waals surface area (Å²) in [6, 6.07) is 16.2. The number of carbonyl (C=O) groups excluding carboxylic acids is 1. The van der Waals surface area contributed by atoms with Crippen molar-refractivity contribution in [3.05, 3.63) is 75.8 Å². The van der Waals surface area contributed by atoms with Crippen LogP contribution in [0.2, 0.25) is 0 Å². The van der Waals surface area contributed by atoms with Crippen LogP contribution < -0.4 is 5.32 Å². The van der Waals surface area contributed by atoms with Gasteiger partial charge in [0.15, 0.2) is 0 Å². The van der Waals surface area contributed by atoms with Gasteiger partial charge in [-0.15, -0.1) is 0 Å². The van der Waals surface area contributed by atoms with E-state index in [1.807, 2.05) is 30.3 Å². The molecular weight excluding hydrogens is 342 g/mol. The zero-order valence-electron chi connectivity index (χ0n) is 15.5. The van der Waals surface area contributed by atoms with Gasteiger partial charge in [-0.2, -0.15) is 0 Å². The van der Waals surface area contributed by atoms with E-state index in [0.29, 0.717) is 5.56 Å². The molecule has 0 spiro atoms. The minimum absolute atomic E-state index is 0.00354. The molecule has 3 rings (SSSR count). The molecule has 2 aromatic carbocycles. The van der Waals surface area contributed by atoms with E-state index in [1.165, 1.54) is 25.0 Å². The maximum Gasteiger partial charge on any atom is 0.269 e. The van der Waals surface area contributed by atoms with Gasteiger partial charge in [-0.05, 0) is 44.0 Å². The molecule has 27 heavy (non-hydrogen) atoms. The van der Waals surface area contributed by atoms with Crippen LogP contribution in [0.25, 0.3) is 0 Å². The molecular formula is C21H25N3O3. The molecule has 1 aliphatic rings. The number of hydrogen-bond acceptors (Lipinski definition) is 4. The Kier molecular flexibility index (Phi) is 6.19. The van der Waals surface area contributed by atoms with E-state index < -0.39 is 10.8 Å². The Labute approximate surface area is 159 Å². The van der Waals surface area contributed by atoms with E-state index in [9.17, 15) is 14.9 Å². The number of nitrogens with one attached hydrogen (secondary N) is 1. The molecule has 6 heteroatoms. The molecule has 2 atom stereocenters. The summed E-state index contributed by atoms with van der Waals surface area (Å²) in [5.41, 5.74) is 1.72. The van der Waals surface area contributed by atoms with Crippen molar-refractivity contribution in [1.29, 1.82) is 0 Å². The van der Waals surface area contributed by atoms with Crippen molar-refractivity contribution in [2.24, 2.45) is 0 Å². The van der Waals surface area contributed by atoms with Crippen molar-refractivity contribution in [3.63, 3.8) is 0 Å². The van der Waals surface area contributed by atoms with Crippen LogP contribution in [-0.2, 0) is 4.79 Å². The van der Waals surface area contributed by atoms with Gasteiger partial charge in [0.25, 0.3) is 5.69 Å². The quantitative estimate of drug-likeness (QED) is 0.599. The predicted molar refractivity (Wildman–Crippen MR) is 105 cm³/mol. The fraction of sp³-hybridized carbons (Fsp3) is 0.381. The van der Waals surface area contributed by atoms with Crippen molar-refractivity contribution < 1.29 is 9.72 Å². The van der Waals surface area contributed by atoms with Gasteiger partial charge in [0.1, 0.15) is 0 Å². The lowest BCUT2D eigenvalue weighted by molar-refractivity contribution is -0.384. The number of carbonyl (C=O) groups is 1. The van der Waals surface area contributed by atoms with E-state index in [1.54, 1.807) is 19.1 Å². The highest BCUT2D eigenvalue weighted by Crippen LogP contribution is 2.23. The standard InChI is InChI=1S/C21H25N3O3/c1-16(18-10-7-11-19(14-18)24(26)27)21(25)22-20(15-23-12-5-6-13-23)17-8-3-2-4-9-17/h2-4,7-11,14,16,20H,5-6,12-13,15H2,1H3,(H,22,25)/t16?,20-/m1/s1. The van der Waals surface area contributed by atoms with Crippen LogP contribution in [0, 0.1) is 10.1 Å². The third kappa shape index (κ3) is 4.92. The first-order valence-electron chi connectivity index (χ1n) is 9.36. The summed E-state index contributed by atoms with van der Waals surface area (Å²) in [6.45, 7) is 4.67. The van der Waals surface area contributed by atoms with Gasteiger partial charge in [0, 0.05) is 18.7 Å². The second-order valence-electron chi connectivity index (χ2n) is 7.05. The number of nitro benzene ring substituents is 1. The summed E-state index contributed by atoms with van der Waals surface area (Å²) in [7, 11) is 0. The van der Waals surface area contributed by atoms with Gasteiger partial charge >= 0.3 is 0 Å². The first-order chi connectivity index (χ1) is 13.0. The summed E-state index contributed by atoms with van der Waals surface area (Å²) in [5.74, 6) is -0.585. The van der Waals surface area contributed by atoms with Crippen molar-refractivity contribution in [3.8, 4) is 0 Å². The minimum Gasteiger partial charge on any atom is -0.347 e. The second kappa shape index (κ2) is 8.77. The van der Waals surface area contributed by atoms with Crippen LogP contribution in [0.5, 0.6) is 0 Å². The zero-order valence-corrected chi connectivity index (χ0v) is 15.5. The Bertz CT molecular complexity index is 788. The summed E-state index contributed by atoms with van der Waals surface area (Å²) >= 11 is 0. The van der Waals surface area contributed by atoms with Gasteiger partial charge in [-0.3, -0.25) is 14.9 Å². The fourth-order valence-electron chi connectivity index (χ4n) is 3.50. The maximum absolute atomic E-state index is 12.9. The topological polar surface area (TPSA) is 75.5 Å². The largest absolute Gasteiger partial charge is 0.347 e. The van der Waals surface area contributed by atoms with Crippen molar-refractivity contribution >= 4 is 11.6 Å². The molecule has 0 radical (unpaired) electrons. The third-order valence-electron chi connectivity index (χ3n) is 5.13. The second-order valence-corrected chi connectivity index (χ2v) is 7.05. The lowest BCUT2D eigenvalue weighted by Gasteiger charge is -2.26. The Morgan fingerprint density at radius 2 is 1.78 bits per heavy atom. The van der Waals surface area contributed by atoms with Crippen LogP contribution in [0.3, 0.4) is 0 Å². The van der Waals surface area contributed by atoms with Crippen LogP contribution in [0.15, 0.2) is 54.6 Å². The van der Waals surface area contributed by atoms with Gasteiger partial charge in [0.2, 0.25) is 5.91 Å². The van der Waals surface area contributed by atoms with Crippen molar-refractivity contribution in [2.45, 2.75) is 31.7 Å². The fourth-order valence-corrected chi connectivity index (χ4v) is 3.50. The molecule has 142 valence electrons. The molecule has 0 saturated carbocycles. The molecule has 1 fully saturated rings. The number of non-ortho nitro benzene ring substituents is 1. The maximum atomic E-state index is 12.9. The highest BCUT2D eigenvalue weighted by atomic mass is 16.6. The molecule has 1 N–H and O–H groups in total. The molecule has 1 amide bonds. The number of rotatable bonds is 7. The number of benzene rings is 2. The molecule has 1 aliphatic heterocycles. The Balaban J connectivity index is 1.75. The lowest BCUT2D eigenvalue weighted by atomic mass is 9.98. The monoisotopic (exact) mass is 367 g/mol. The molecule has 2 aromatic rings. The molecule has 1 saturated heterocycles. The van der Waals surface area contributed by atoms with Crippen LogP contribution >= 0.6 is 0 Å². The third-order valence-corrected chi connectivity index (χ3v) is 5.13. The average Bonchev–Trinajstić information content (AvgIpc) is 3.20. The van der Waals surface area contributed by atoms with Crippen LogP contribution in [0.4, 0.5) is 5.69 Å². The molecule has 1 heterocycles. The SMILES string of the molecule is CC(C(=O)N[C@H](CN1CCCC1)c1ccccc1)c1cccc([N+](=O)[O-])c1. The summed E-state index contributed by atoms with van der Waals surface area (Å²) in [6.07, 6.45) is 2.39. The first kappa shape index (κ1) is 19.0. The van der Waals surface area contributed by atoms with E-state index in [4.69, 9.17) is 0 Å². The minimum atomic E-state index is -0.463. The van der Waals surface area contributed by atoms with E-state index in [-0.39, 0.29) is 17.6 Å². The number of nitro groups is 1. The molecule has 0 aromatic heterocycles. The molecule has 6 nitrogen and oxygen atoms in total.